The number of benzene rings is 2. The molecule has 1 heterocycles. The van der Waals surface area contributed by atoms with Gasteiger partial charge >= 0.3 is 0 Å². The van der Waals surface area contributed by atoms with Gasteiger partial charge in [0.2, 0.25) is 11.8 Å². The van der Waals surface area contributed by atoms with Crippen molar-refractivity contribution in [1.82, 2.24) is 4.90 Å². The third-order valence-corrected chi connectivity index (χ3v) is 5.37. The highest BCUT2D eigenvalue weighted by Crippen LogP contribution is 2.42. The van der Waals surface area contributed by atoms with E-state index in [0.29, 0.717) is 18.5 Å². The van der Waals surface area contributed by atoms with Gasteiger partial charge in [-0.1, -0.05) is 24.3 Å². The number of halogens is 2. The molecule has 2 fully saturated rings. The maximum Gasteiger partial charge on any atom is 0.237 e. The maximum absolute atomic E-state index is 13.9. The number of rotatable bonds is 4. The topological polar surface area (TPSA) is 49.4 Å². The van der Waals surface area contributed by atoms with Crippen LogP contribution < -0.4 is 5.32 Å². The van der Waals surface area contributed by atoms with Crippen LogP contribution in [0.4, 0.5) is 14.5 Å². The third kappa shape index (κ3) is 3.44. The molecule has 2 amide bonds. The highest BCUT2D eigenvalue weighted by Gasteiger charge is 2.44. The smallest absolute Gasteiger partial charge is 0.237 e. The molecule has 6 heteroatoms. The second-order valence-corrected chi connectivity index (χ2v) is 7.36. The number of nitrogens with one attached hydrogen (secondary N) is 1. The first-order valence-electron chi connectivity index (χ1n) is 9.05. The van der Waals surface area contributed by atoms with Crippen molar-refractivity contribution in [2.75, 3.05) is 18.9 Å². The SMILES string of the molecule is CN1C[C@H](c2cccc(C3CC3)c2)[C@@H](C(=O)Nc2ccc(F)cc2F)C1=O. The summed E-state index contributed by atoms with van der Waals surface area (Å²) in [4.78, 5) is 26.9. The summed E-state index contributed by atoms with van der Waals surface area (Å²) >= 11 is 0. The highest BCUT2D eigenvalue weighted by atomic mass is 19.1. The van der Waals surface area contributed by atoms with Gasteiger partial charge in [-0.2, -0.15) is 0 Å². The van der Waals surface area contributed by atoms with Crippen molar-refractivity contribution in [2.24, 2.45) is 5.92 Å². The molecule has 2 aromatic carbocycles. The molecular weight excluding hydrogens is 350 g/mol. The zero-order valence-electron chi connectivity index (χ0n) is 14.9. The van der Waals surface area contributed by atoms with Crippen LogP contribution in [0, 0.1) is 17.6 Å². The zero-order valence-corrected chi connectivity index (χ0v) is 14.9. The Morgan fingerprint density at radius 1 is 1.11 bits per heavy atom. The Hall–Kier alpha value is -2.76. The third-order valence-electron chi connectivity index (χ3n) is 5.37. The molecule has 0 radical (unpaired) electrons. The van der Waals surface area contributed by atoms with Crippen molar-refractivity contribution in [3.05, 3.63) is 65.2 Å². The molecule has 2 aromatic rings. The number of hydrogen-bond donors (Lipinski definition) is 1. The van der Waals surface area contributed by atoms with Gasteiger partial charge in [0.05, 0.1) is 5.69 Å². The van der Waals surface area contributed by atoms with Gasteiger partial charge in [-0.05, 0) is 42.0 Å². The van der Waals surface area contributed by atoms with Crippen LogP contribution in [0.15, 0.2) is 42.5 Å². The zero-order chi connectivity index (χ0) is 19.1. The van der Waals surface area contributed by atoms with Crippen LogP contribution in [-0.4, -0.2) is 30.3 Å². The first-order chi connectivity index (χ1) is 12.9. The van der Waals surface area contributed by atoms with Crippen LogP contribution in [0.2, 0.25) is 0 Å². The molecule has 2 aliphatic rings. The Balaban J connectivity index is 1.61. The van der Waals surface area contributed by atoms with E-state index in [1.165, 1.54) is 23.3 Å². The Morgan fingerprint density at radius 2 is 1.85 bits per heavy atom. The molecule has 1 N–H and O–H groups in total. The monoisotopic (exact) mass is 370 g/mol. The summed E-state index contributed by atoms with van der Waals surface area (Å²) in [5, 5.41) is 2.45. The highest BCUT2D eigenvalue weighted by molar-refractivity contribution is 6.08. The quantitative estimate of drug-likeness (QED) is 0.835. The normalized spacial score (nSPS) is 22.2. The predicted molar refractivity (Wildman–Crippen MR) is 97.3 cm³/mol. The van der Waals surface area contributed by atoms with E-state index >= 15 is 0 Å². The van der Waals surface area contributed by atoms with Crippen molar-refractivity contribution >= 4 is 17.5 Å². The number of likely N-dealkylation sites (N-methyl/N-ethyl adjacent to an activating group) is 1. The minimum absolute atomic E-state index is 0.130. The van der Waals surface area contributed by atoms with Gasteiger partial charge < -0.3 is 10.2 Å². The molecule has 1 aliphatic heterocycles. The van der Waals surface area contributed by atoms with Crippen molar-refractivity contribution in [3.63, 3.8) is 0 Å². The van der Waals surface area contributed by atoms with E-state index in [0.717, 1.165) is 17.7 Å². The summed E-state index contributed by atoms with van der Waals surface area (Å²) in [5.74, 6) is -3.13. The van der Waals surface area contributed by atoms with Gasteiger partial charge in [-0.15, -0.1) is 0 Å². The molecule has 1 aliphatic carbocycles. The lowest BCUT2D eigenvalue weighted by molar-refractivity contribution is -0.135. The van der Waals surface area contributed by atoms with E-state index in [1.807, 2.05) is 12.1 Å². The maximum atomic E-state index is 13.9. The molecule has 0 aromatic heterocycles. The van der Waals surface area contributed by atoms with Crippen LogP contribution >= 0.6 is 0 Å². The Bertz CT molecular complexity index is 911. The van der Waals surface area contributed by atoms with Crippen molar-refractivity contribution < 1.29 is 18.4 Å². The van der Waals surface area contributed by atoms with E-state index in [9.17, 15) is 18.4 Å². The molecule has 2 atom stereocenters. The van der Waals surface area contributed by atoms with Gasteiger partial charge in [-0.25, -0.2) is 8.78 Å². The second kappa shape index (κ2) is 6.76. The molecule has 4 nitrogen and oxygen atoms in total. The number of anilines is 1. The molecule has 4 rings (SSSR count). The molecule has 0 bridgehead atoms. The first-order valence-corrected chi connectivity index (χ1v) is 9.05. The van der Waals surface area contributed by atoms with Gasteiger partial charge in [0, 0.05) is 25.6 Å². The lowest BCUT2D eigenvalue weighted by Gasteiger charge is -2.18. The first kappa shape index (κ1) is 17.6. The number of nitrogens with zero attached hydrogens (tertiary/aromatic N) is 1. The molecule has 0 unspecified atom stereocenters. The second-order valence-electron chi connectivity index (χ2n) is 7.36. The number of hydrogen-bond acceptors (Lipinski definition) is 2. The van der Waals surface area contributed by atoms with Crippen LogP contribution in [0.3, 0.4) is 0 Å². The molecule has 1 saturated heterocycles. The van der Waals surface area contributed by atoms with Crippen LogP contribution in [-0.2, 0) is 9.59 Å². The lowest BCUT2D eigenvalue weighted by atomic mass is 9.86. The van der Waals surface area contributed by atoms with Gasteiger partial charge in [0.25, 0.3) is 0 Å². The Morgan fingerprint density at radius 3 is 2.56 bits per heavy atom. The van der Waals surface area contributed by atoms with Gasteiger partial charge in [-0.3, -0.25) is 9.59 Å². The minimum Gasteiger partial charge on any atom is -0.344 e. The number of carbonyl (C=O) groups is 2. The van der Waals surface area contributed by atoms with Crippen LogP contribution in [0.25, 0.3) is 0 Å². The number of carbonyl (C=O) groups excluding carboxylic acids is 2. The average Bonchev–Trinajstić information content (AvgIpc) is 3.44. The summed E-state index contributed by atoms with van der Waals surface area (Å²) in [6, 6.07) is 11.0. The summed E-state index contributed by atoms with van der Waals surface area (Å²) in [5.41, 5.74) is 2.05. The fraction of sp³-hybridized carbons (Fsp3) is 0.333. The van der Waals surface area contributed by atoms with E-state index < -0.39 is 23.5 Å². The van der Waals surface area contributed by atoms with Gasteiger partial charge in [0.1, 0.15) is 17.6 Å². The molecule has 0 spiro atoms. The van der Waals surface area contributed by atoms with Crippen molar-refractivity contribution in [2.45, 2.75) is 24.7 Å². The number of likely N-dealkylation sites (tertiary alicyclic amines) is 1. The van der Waals surface area contributed by atoms with E-state index in [4.69, 9.17) is 0 Å². The summed E-state index contributed by atoms with van der Waals surface area (Å²) < 4.78 is 27.0. The fourth-order valence-electron chi connectivity index (χ4n) is 3.75. The lowest BCUT2D eigenvalue weighted by Crippen LogP contribution is -2.33. The van der Waals surface area contributed by atoms with E-state index in [1.54, 1.807) is 7.05 Å². The van der Waals surface area contributed by atoms with Gasteiger partial charge in [0.15, 0.2) is 0 Å². The van der Waals surface area contributed by atoms with Crippen molar-refractivity contribution in [3.8, 4) is 0 Å². The Labute approximate surface area is 156 Å². The van der Waals surface area contributed by atoms with Crippen LogP contribution in [0.5, 0.6) is 0 Å². The minimum atomic E-state index is -0.936. The van der Waals surface area contributed by atoms with E-state index in [2.05, 4.69) is 17.4 Å². The predicted octanol–water partition coefficient (Wildman–Crippen LogP) is 3.65. The molecule has 140 valence electrons. The summed E-state index contributed by atoms with van der Waals surface area (Å²) in [6.45, 7) is 0.428. The molecule has 1 saturated carbocycles. The Kier molecular flexibility index (Phi) is 4.42. The fourth-order valence-corrected chi connectivity index (χ4v) is 3.75. The molecule has 27 heavy (non-hydrogen) atoms. The van der Waals surface area contributed by atoms with Crippen molar-refractivity contribution in [1.29, 1.82) is 0 Å². The average molecular weight is 370 g/mol. The molecular formula is C21H20F2N2O2. The van der Waals surface area contributed by atoms with E-state index in [-0.39, 0.29) is 17.5 Å². The number of amides is 2. The summed E-state index contributed by atoms with van der Waals surface area (Å²) in [6.07, 6.45) is 2.33. The van der Waals surface area contributed by atoms with Crippen LogP contribution in [0.1, 0.15) is 35.8 Å². The summed E-state index contributed by atoms with van der Waals surface area (Å²) in [7, 11) is 1.66. The standard InChI is InChI=1S/C21H20F2N2O2/c1-25-11-16(14-4-2-3-13(9-14)12-5-6-12)19(21(25)27)20(26)24-18-8-7-15(22)10-17(18)23/h2-4,7-10,12,16,19H,5-6,11H2,1H3,(H,24,26)/t16-,19+/m1/s1. The largest absolute Gasteiger partial charge is 0.344 e.